The number of hydrogen-bond acceptors (Lipinski definition) is 5. The summed E-state index contributed by atoms with van der Waals surface area (Å²) < 4.78 is 74.4. The van der Waals surface area contributed by atoms with Gasteiger partial charge in [-0.1, -0.05) is 6.07 Å². The number of ether oxygens (including phenoxy) is 1. The van der Waals surface area contributed by atoms with Crippen LogP contribution in [0.25, 0.3) is 0 Å². The average molecular weight is 551 g/mol. The third-order valence-electron chi connectivity index (χ3n) is 6.93. The topological polar surface area (TPSA) is 106 Å². The van der Waals surface area contributed by atoms with Gasteiger partial charge < -0.3 is 10.1 Å². The number of benzene rings is 1. The van der Waals surface area contributed by atoms with Gasteiger partial charge in [0.1, 0.15) is 6.54 Å². The van der Waals surface area contributed by atoms with Gasteiger partial charge in [-0.3, -0.25) is 4.68 Å². The molecule has 37 heavy (non-hydrogen) atoms. The van der Waals surface area contributed by atoms with E-state index in [0.29, 0.717) is 36.4 Å². The van der Waals surface area contributed by atoms with Crippen LogP contribution in [0.15, 0.2) is 18.5 Å². The minimum Gasteiger partial charge on any atom is -0.381 e. The molecule has 1 radical (unpaired) electrons. The van der Waals surface area contributed by atoms with Gasteiger partial charge in [0.25, 0.3) is 0 Å². The van der Waals surface area contributed by atoms with Gasteiger partial charge in [-0.15, -0.1) is 0 Å². The monoisotopic (exact) mass is 550 g/mol. The van der Waals surface area contributed by atoms with Crippen LogP contribution in [0, 0.1) is 0 Å². The first-order valence-corrected chi connectivity index (χ1v) is 13.5. The summed E-state index contributed by atoms with van der Waals surface area (Å²) >= 11 is 0. The Bertz CT molecular complexity index is 1230. The van der Waals surface area contributed by atoms with Crippen molar-refractivity contribution in [1.82, 2.24) is 14.5 Å². The van der Waals surface area contributed by atoms with Crippen LogP contribution in [-0.2, 0) is 47.2 Å². The van der Waals surface area contributed by atoms with Crippen molar-refractivity contribution in [1.29, 1.82) is 0 Å². The maximum Gasteiger partial charge on any atom is 0.408 e. The predicted octanol–water partition coefficient (Wildman–Crippen LogP) is 3.09. The number of hydrogen-bond donors (Lipinski definition) is 2. The molecule has 2 amide bonds. The second-order valence-corrected chi connectivity index (χ2v) is 11.0. The van der Waals surface area contributed by atoms with Crippen molar-refractivity contribution >= 4 is 57.2 Å². The van der Waals surface area contributed by atoms with E-state index in [2.05, 4.69) is 21.2 Å². The number of urea groups is 1. The largest absolute Gasteiger partial charge is 0.408 e. The van der Waals surface area contributed by atoms with Gasteiger partial charge in [-0.05, 0) is 73.6 Å². The molecule has 0 unspecified atom stereocenters. The van der Waals surface area contributed by atoms with Crippen LogP contribution in [0.5, 0.6) is 0 Å². The Kier molecular flexibility index (Phi) is 8.49. The fraction of sp³-hybridized carbons (Fsp3) is 0.565. The maximum atomic E-state index is 13.4. The number of carbonyl (C=O) groups is 1. The van der Waals surface area contributed by atoms with Gasteiger partial charge in [-0.2, -0.15) is 26.7 Å². The SMILES string of the molecule is O=C(Nc1c2c(cc3c1CCC3)CCC2)NS(=O)(=O)N(c1cnn(CC(F)(F)F)c1)C1CCOCC1.[Na]. The van der Waals surface area contributed by atoms with Gasteiger partial charge in [0.2, 0.25) is 0 Å². The molecule has 3 aliphatic rings. The number of aryl methyl sites for hydroxylation is 2. The van der Waals surface area contributed by atoms with Crippen LogP contribution in [0.3, 0.4) is 0 Å². The summed E-state index contributed by atoms with van der Waals surface area (Å²) in [7, 11) is -4.47. The van der Waals surface area contributed by atoms with Crippen molar-refractivity contribution in [3.8, 4) is 0 Å². The molecule has 2 heterocycles. The molecule has 1 aromatic heterocycles. The molecule has 0 bridgehead atoms. The average Bonchev–Trinajstić information content (AvgIpc) is 3.54. The molecule has 0 atom stereocenters. The normalized spacial score (nSPS) is 17.6. The molecule has 2 aliphatic carbocycles. The van der Waals surface area contributed by atoms with E-state index in [1.807, 2.05) is 0 Å². The predicted molar refractivity (Wildman–Crippen MR) is 132 cm³/mol. The van der Waals surface area contributed by atoms with E-state index in [1.165, 1.54) is 11.1 Å². The van der Waals surface area contributed by atoms with E-state index in [9.17, 15) is 26.4 Å². The molecule has 1 saturated heterocycles. The number of alkyl halides is 3. The zero-order valence-corrected chi connectivity index (χ0v) is 23.4. The molecule has 2 N–H and O–H groups in total. The summed E-state index contributed by atoms with van der Waals surface area (Å²) in [5, 5.41) is 6.48. The van der Waals surface area contributed by atoms with E-state index in [0.717, 1.165) is 66.4 Å². The third kappa shape index (κ3) is 6.27. The van der Waals surface area contributed by atoms with Crippen molar-refractivity contribution in [3.05, 3.63) is 40.7 Å². The molecule has 1 fully saturated rings. The number of nitrogens with one attached hydrogen (secondary N) is 2. The Balaban J connectivity index is 0.00000320. The maximum absolute atomic E-state index is 13.4. The van der Waals surface area contributed by atoms with Crippen LogP contribution in [0.2, 0.25) is 0 Å². The number of amides is 2. The number of halogens is 3. The molecule has 1 aliphatic heterocycles. The number of fused-ring (bicyclic) bond motifs is 2. The van der Waals surface area contributed by atoms with Crippen molar-refractivity contribution < 1.29 is 31.1 Å². The number of rotatable bonds is 6. The standard InChI is InChI=1S/C23H28F3N5O4S.Na/c24-23(25,26)14-30-13-18(12-27-30)31(17-7-9-35-10-8-17)36(33,34)29-22(32)28-21-19-5-1-3-15(19)11-16-4-2-6-20(16)21;/h11-13,17H,1-10,14H2,(H2,28,29,32);. The second-order valence-electron chi connectivity index (χ2n) is 9.45. The minimum atomic E-state index is -4.51. The quantitative estimate of drug-likeness (QED) is 0.538. The summed E-state index contributed by atoms with van der Waals surface area (Å²) in [5.74, 6) is 0. The van der Waals surface area contributed by atoms with Gasteiger partial charge in [-0.25, -0.2) is 13.8 Å². The molecule has 14 heteroatoms. The van der Waals surface area contributed by atoms with Crippen molar-refractivity contribution in [3.63, 3.8) is 0 Å². The zero-order chi connectivity index (χ0) is 25.5. The molecule has 9 nitrogen and oxygen atoms in total. The third-order valence-corrected chi connectivity index (χ3v) is 8.40. The number of carbonyl (C=O) groups excluding carboxylic acids is 1. The first-order valence-electron chi connectivity index (χ1n) is 12.1. The van der Waals surface area contributed by atoms with Crippen molar-refractivity contribution in [2.75, 3.05) is 22.8 Å². The van der Waals surface area contributed by atoms with Gasteiger partial charge >= 0.3 is 22.4 Å². The number of aromatic nitrogens is 2. The first-order chi connectivity index (χ1) is 17.1. The van der Waals surface area contributed by atoms with Gasteiger partial charge in [0, 0.05) is 54.7 Å². The summed E-state index contributed by atoms with van der Waals surface area (Å²) in [5.41, 5.74) is 5.13. The van der Waals surface area contributed by atoms with E-state index in [1.54, 1.807) is 0 Å². The van der Waals surface area contributed by atoms with Crippen molar-refractivity contribution in [2.24, 2.45) is 0 Å². The van der Waals surface area contributed by atoms with Crippen LogP contribution in [0.1, 0.15) is 47.9 Å². The molecule has 2 aromatic rings. The number of anilines is 2. The van der Waals surface area contributed by atoms with Crippen LogP contribution < -0.4 is 14.3 Å². The van der Waals surface area contributed by atoms with E-state index >= 15 is 0 Å². The molecule has 1 aromatic carbocycles. The van der Waals surface area contributed by atoms with Crippen LogP contribution in [0.4, 0.5) is 29.3 Å². The molecular weight excluding hydrogens is 522 g/mol. The molecule has 5 rings (SSSR count). The fourth-order valence-corrected chi connectivity index (χ4v) is 6.83. The van der Waals surface area contributed by atoms with E-state index in [4.69, 9.17) is 4.74 Å². The summed E-state index contributed by atoms with van der Waals surface area (Å²) in [6.07, 6.45) is 3.67. The van der Waals surface area contributed by atoms with Crippen molar-refractivity contribution in [2.45, 2.75) is 70.1 Å². The Labute approximate surface area is 235 Å². The summed E-state index contributed by atoms with van der Waals surface area (Å²) in [4.78, 5) is 13.0. The smallest absolute Gasteiger partial charge is 0.381 e. The Hall–Kier alpha value is -1.80. The summed E-state index contributed by atoms with van der Waals surface area (Å²) in [6, 6.07) is 0.706. The van der Waals surface area contributed by atoms with Gasteiger partial charge in [0.05, 0.1) is 17.9 Å². The van der Waals surface area contributed by atoms with E-state index < -0.39 is 35.0 Å². The molecule has 197 valence electrons. The second kappa shape index (κ2) is 11.1. The van der Waals surface area contributed by atoms with E-state index in [-0.39, 0.29) is 35.2 Å². The molecule has 0 spiro atoms. The van der Waals surface area contributed by atoms with Gasteiger partial charge in [0.15, 0.2) is 0 Å². The first kappa shape index (κ1) is 28.2. The Morgan fingerprint density at radius 3 is 2.32 bits per heavy atom. The molecular formula is C23H28F3N5NaO4S. The zero-order valence-electron chi connectivity index (χ0n) is 20.6. The number of nitrogens with zero attached hydrogens (tertiary/aromatic N) is 3. The molecule has 0 saturated carbocycles. The summed E-state index contributed by atoms with van der Waals surface area (Å²) in [6.45, 7) is -0.767. The Morgan fingerprint density at radius 1 is 1.11 bits per heavy atom. The fourth-order valence-electron chi connectivity index (χ4n) is 5.47. The Morgan fingerprint density at radius 2 is 1.73 bits per heavy atom. The minimum absolute atomic E-state index is 0. The van der Waals surface area contributed by atoms with Crippen LogP contribution in [-0.4, -0.2) is 79.2 Å². The van der Waals surface area contributed by atoms with Crippen LogP contribution >= 0.6 is 0 Å².